The van der Waals surface area contributed by atoms with Crippen LogP contribution in [-0.2, 0) is 0 Å². The van der Waals surface area contributed by atoms with Crippen molar-refractivity contribution in [3.8, 4) is 0 Å². The summed E-state index contributed by atoms with van der Waals surface area (Å²) in [5, 5.41) is 0. The molecule has 3 fully saturated rings. The molecule has 3 aliphatic carbocycles. The average Bonchev–Trinajstić information content (AvgIpc) is 3.00. The second kappa shape index (κ2) is 12.2. The van der Waals surface area contributed by atoms with Crippen molar-refractivity contribution >= 4 is 10.9 Å². The monoisotopic (exact) mass is 510 g/mol. The minimum Gasteiger partial charge on any atom is -0.173 e. The first-order chi connectivity index (χ1) is 18.3. The Morgan fingerprint density at radius 1 is 0.324 bits per heavy atom. The quantitative estimate of drug-likeness (QED) is 0.313. The van der Waals surface area contributed by atoms with E-state index < -0.39 is 10.9 Å². The van der Waals surface area contributed by atoms with Gasteiger partial charge in [-0.3, -0.25) is 0 Å². The van der Waals surface area contributed by atoms with Gasteiger partial charge in [0.15, 0.2) is 0 Å². The third-order valence-electron chi connectivity index (χ3n) is 9.68. The number of thiol groups is 1. The minimum atomic E-state index is -0.535. The van der Waals surface area contributed by atoms with Crippen molar-refractivity contribution in [2.45, 2.75) is 129 Å². The van der Waals surface area contributed by atoms with Gasteiger partial charge < -0.3 is 0 Å². The number of hydrogen-bond acceptors (Lipinski definition) is 0. The molecule has 0 aromatic heterocycles. The Bertz CT molecular complexity index is 947. The highest BCUT2D eigenvalue weighted by Gasteiger charge is 2.20. The van der Waals surface area contributed by atoms with Gasteiger partial charge in [0.2, 0.25) is 0 Å². The molecule has 0 aliphatic heterocycles. The van der Waals surface area contributed by atoms with Crippen LogP contribution in [-0.4, -0.2) is 0 Å². The molecule has 0 N–H and O–H groups in total. The smallest absolute Gasteiger partial charge is 0.00450 e. The summed E-state index contributed by atoms with van der Waals surface area (Å²) in [6.45, 7) is 0. The summed E-state index contributed by atoms with van der Waals surface area (Å²) in [7, 11) is -0.535. The highest BCUT2D eigenvalue weighted by molar-refractivity contribution is 8.17. The Kier molecular flexibility index (Phi) is 8.37. The first kappa shape index (κ1) is 25.3. The summed E-state index contributed by atoms with van der Waals surface area (Å²) in [5.41, 5.74) is 4.70. The van der Waals surface area contributed by atoms with Crippen LogP contribution in [0.2, 0.25) is 0 Å². The van der Waals surface area contributed by atoms with E-state index in [1.807, 2.05) is 0 Å². The van der Waals surface area contributed by atoms with Crippen molar-refractivity contribution in [2.24, 2.45) is 0 Å². The van der Waals surface area contributed by atoms with Crippen molar-refractivity contribution in [3.63, 3.8) is 0 Å². The van der Waals surface area contributed by atoms with Crippen LogP contribution in [0.3, 0.4) is 0 Å². The van der Waals surface area contributed by atoms with E-state index in [0.29, 0.717) is 0 Å². The summed E-state index contributed by atoms with van der Waals surface area (Å²) >= 11 is 0. The highest BCUT2D eigenvalue weighted by atomic mass is 32.2. The molecule has 3 aliphatic rings. The molecule has 3 aromatic rings. The second-order valence-electron chi connectivity index (χ2n) is 12.1. The molecule has 0 atom stereocenters. The average molecular weight is 511 g/mol. The molecule has 196 valence electrons. The van der Waals surface area contributed by atoms with Gasteiger partial charge in [-0.25, -0.2) is 0 Å². The highest BCUT2D eigenvalue weighted by Crippen LogP contribution is 2.52. The van der Waals surface area contributed by atoms with E-state index >= 15 is 0 Å². The molecule has 0 unspecified atom stereocenters. The van der Waals surface area contributed by atoms with E-state index in [9.17, 15) is 0 Å². The molecule has 0 spiro atoms. The van der Waals surface area contributed by atoms with E-state index in [0.717, 1.165) is 17.8 Å². The van der Waals surface area contributed by atoms with Crippen molar-refractivity contribution in [1.29, 1.82) is 0 Å². The van der Waals surface area contributed by atoms with Crippen LogP contribution < -0.4 is 0 Å². The lowest BCUT2D eigenvalue weighted by atomic mass is 9.84. The van der Waals surface area contributed by atoms with Gasteiger partial charge in [-0.15, -0.1) is 0 Å². The van der Waals surface area contributed by atoms with Crippen molar-refractivity contribution in [3.05, 3.63) is 89.5 Å². The summed E-state index contributed by atoms with van der Waals surface area (Å²) in [6.07, 6.45) is 20.9. The zero-order valence-corrected chi connectivity index (χ0v) is 23.6. The van der Waals surface area contributed by atoms with E-state index in [-0.39, 0.29) is 0 Å². The lowest BCUT2D eigenvalue weighted by molar-refractivity contribution is 0.443. The van der Waals surface area contributed by atoms with Gasteiger partial charge in [0.25, 0.3) is 0 Å². The van der Waals surface area contributed by atoms with Gasteiger partial charge in [0.05, 0.1) is 0 Å². The first-order valence-corrected chi connectivity index (χ1v) is 16.8. The third-order valence-corrected chi connectivity index (χ3v) is 12.1. The van der Waals surface area contributed by atoms with Gasteiger partial charge in [-0.1, -0.05) is 94.2 Å². The van der Waals surface area contributed by atoms with Gasteiger partial charge in [0, 0.05) is 0 Å². The van der Waals surface area contributed by atoms with Crippen LogP contribution in [0.4, 0.5) is 0 Å². The zero-order valence-electron chi connectivity index (χ0n) is 22.7. The Balaban J connectivity index is 1.29. The molecular formula is C36H46S. The number of hydrogen-bond donors (Lipinski definition) is 1. The normalized spacial score (nSPS) is 20.6. The van der Waals surface area contributed by atoms with Crippen LogP contribution in [0, 0.1) is 0 Å². The van der Waals surface area contributed by atoms with E-state index in [2.05, 4.69) is 72.8 Å². The molecule has 3 saturated carbocycles. The van der Waals surface area contributed by atoms with Crippen molar-refractivity contribution in [2.75, 3.05) is 0 Å². The molecule has 0 bridgehead atoms. The fourth-order valence-electron chi connectivity index (χ4n) is 7.44. The van der Waals surface area contributed by atoms with Crippen molar-refractivity contribution < 1.29 is 0 Å². The Hall–Kier alpha value is -1.99. The lowest BCUT2D eigenvalue weighted by Gasteiger charge is -2.27. The summed E-state index contributed by atoms with van der Waals surface area (Å²) < 4.78 is 0. The largest absolute Gasteiger partial charge is 0.173 e. The lowest BCUT2D eigenvalue weighted by Crippen LogP contribution is -2.05. The standard InChI is InChI=1S/C36H46S/c1-4-10-28(11-5-1)31-16-22-34(23-17-31)37(35-24-18-32(19-25-35)29-12-6-2-7-13-29)36-26-20-33(21-27-36)30-14-8-3-9-15-30/h16-30,37H,1-15H2. The van der Waals surface area contributed by atoms with Crippen LogP contribution in [0.15, 0.2) is 87.5 Å². The number of benzene rings is 3. The third kappa shape index (κ3) is 6.03. The van der Waals surface area contributed by atoms with Crippen LogP contribution >= 0.6 is 10.9 Å². The van der Waals surface area contributed by atoms with Gasteiger partial charge in [0.1, 0.15) is 0 Å². The molecule has 3 aromatic carbocycles. The maximum atomic E-state index is 2.47. The van der Waals surface area contributed by atoms with E-state index in [4.69, 9.17) is 0 Å². The summed E-state index contributed by atoms with van der Waals surface area (Å²) in [5.74, 6) is 2.33. The summed E-state index contributed by atoms with van der Waals surface area (Å²) in [6, 6.07) is 29.6. The zero-order chi connectivity index (χ0) is 24.9. The Morgan fingerprint density at radius 2 is 0.568 bits per heavy atom. The number of rotatable bonds is 6. The predicted octanol–water partition coefficient (Wildman–Crippen LogP) is 11.3. The SMILES string of the molecule is c1cc([SH](c2ccc(C3CCCCC3)cc2)c2ccc(C3CCCCC3)cc2)ccc1C1CCCCC1. The molecule has 0 heterocycles. The van der Waals surface area contributed by atoms with Crippen LogP contribution in [0.5, 0.6) is 0 Å². The molecule has 37 heavy (non-hydrogen) atoms. The van der Waals surface area contributed by atoms with E-state index in [1.54, 1.807) is 16.7 Å². The topological polar surface area (TPSA) is 0 Å². The predicted molar refractivity (Wildman–Crippen MR) is 161 cm³/mol. The molecular weight excluding hydrogens is 464 g/mol. The van der Waals surface area contributed by atoms with Crippen molar-refractivity contribution in [1.82, 2.24) is 0 Å². The maximum absolute atomic E-state index is 2.47. The minimum absolute atomic E-state index is 0.535. The molecule has 1 heteroatoms. The van der Waals surface area contributed by atoms with Gasteiger partial charge in [-0.05, 0) is 124 Å². The van der Waals surface area contributed by atoms with E-state index in [1.165, 1.54) is 111 Å². The fourth-order valence-corrected chi connectivity index (χ4v) is 9.68. The van der Waals surface area contributed by atoms with Gasteiger partial charge in [-0.2, -0.15) is 10.9 Å². The second-order valence-corrected chi connectivity index (χ2v) is 14.3. The van der Waals surface area contributed by atoms with Crippen LogP contribution in [0.25, 0.3) is 0 Å². The molecule has 0 nitrogen and oxygen atoms in total. The molecule has 6 rings (SSSR count). The van der Waals surface area contributed by atoms with Gasteiger partial charge >= 0.3 is 0 Å². The Morgan fingerprint density at radius 3 is 0.811 bits per heavy atom. The summed E-state index contributed by atoms with van der Waals surface area (Å²) in [4.78, 5) is 4.51. The first-order valence-electron chi connectivity index (χ1n) is 15.5. The fraction of sp³-hybridized carbons (Fsp3) is 0.500. The Labute approximate surface area is 228 Å². The molecule has 0 saturated heterocycles. The maximum Gasteiger partial charge on any atom is -0.00450 e. The molecule has 0 radical (unpaired) electrons. The molecule has 0 amide bonds. The van der Waals surface area contributed by atoms with Crippen LogP contribution in [0.1, 0.15) is 131 Å².